The highest BCUT2D eigenvalue weighted by Gasteiger charge is 2.13. The summed E-state index contributed by atoms with van der Waals surface area (Å²) in [6.45, 7) is 4.29. The molecule has 3 rings (SSSR count). The van der Waals surface area contributed by atoms with Crippen LogP contribution in [-0.2, 0) is 17.9 Å². The van der Waals surface area contributed by atoms with E-state index in [9.17, 15) is 4.79 Å². The summed E-state index contributed by atoms with van der Waals surface area (Å²) in [6, 6.07) is 16.4. The van der Waals surface area contributed by atoms with E-state index in [1.807, 2.05) is 24.3 Å². The Morgan fingerprint density at radius 2 is 1.67 bits per heavy atom. The molecule has 0 saturated carbocycles. The third kappa shape index (κ3) is 6.60. The number of rotatable bonds is 8. The molecule has 1 fully saturated rings. The number of likely N-dealkylation sites (tertiary alicyclic amines) is 1. The number of carbonyl (C=O) groups is 1. The molecule has 4 nitrogen and oxygen atoms in total. The van der Waals surface area contributed by atoms with E-state index in [0.717, 1.165) is 22.8 Å². The number of hydrogen-bond donors (Lipinski definition) is 2. The van der Waals surface area contributed by atoms with Crippen molar-refractivity contribution in [2.75, 3.05) is 26.0 Å². The average Bonchev–Trinajstić information content (AvgIpc) is 2.73. The third-order valence-electron chi connectivity index (χ3n) is 4.96. The molecule has 0 unspecified atom stereocenters. The molecule has 1 aliphatic rings. The van der Waals surface area contributed by atoms with Gasteiger partial charge in [-0.2, -0.15) is 0 Å². The molecule has 1 saturated heterocycles. The van der Waals surface area contributed by atoms with Crippen molar-refractivity contribution in [2.45, 2.75) is 37.2 Å². The van der Waals surface area contributed by atoms with Crippen LogP contribution in [0.1, 0.15) is 30.4 Å². The molecule has 0 radical (unpaired) electrons. The fourth-order valence-corrected chi connectivity index (χ4v) is 4.09. The summed E-state index contributed by atoms with van der Waals surface area (Å²) in [5.74, 6) is 1.30. The van der Waals surface area contributed by atoms with Crippen LogP contribution in [0.3, 0.4) is 0 Å². The van der Waals surface area contributed by atoms with Crippen molar-refractivity contribution in [1.82, 2.24) is 5.32 Å². The Kier molecular flexibility index (Phi) is 7.60. The molecule has 0 bridgehead atoms. The lowest BCUT2D eigenvalue weighted by atomic mass is 10.1. The summed E-state index contributed by atoms with van der Waals surface area (Å²) < 4.78 is 5.14. The Balaban J connectivity index is 1.38. The van der Waals surface area contributed by atoms with Gasteiger partial charge in [0.15, 0.2) is 0 Å². The predicted octanol–water partition coefficient (Wildman–Crippen LogP) is 2.67. The Morgan fingerprint density at radius 3 is 2.33 bits per heavy atom. The highest BCUT2D eigenvalue weighted by Crippen LogP contribution is 2.20. The average molecular weight is 386 g/mol. The van der Waals surface area contributed by atoms with E-state index in [1.165, 1.54) is 49.7 Å². The monoisotopic (exact) mass is 385 g/mol. The minimum atomic E-state index is 0.0534. The van der Waals surface area contributed by atoms with Gasteiger partial charge in [0.05, 0.1) is 26.0 Å². The molecule has 144 valence electrons. The molecule has 1 heterocycles. The van der Waals surface area contributed by atoms with Crippen molar-refractivity contribution in [3.05, 3.63) is 59.7 Å². The van der Waals surface area contributed by atoms with Crippen LogP contribution in [0.25, 0.3) is 0 Å². The third-order valence-corrected chi connectivity index (χ3v) is 5.97. The number of benzene rings is 2. The van der Waals surface area contributed by atoms with Crippen LogP contribution in [0.2, 0.25) is 0 Å². The second-order valence-corrected chi connectivity index (χ2v) is 8.09. The van der Waals surface area contributed by atoms with Crippen LogP contribution in [-0.4, -0.2) is 31.9 Å². The summed E-state index contributed by atoms with van der Waals surface area (Å²) in [6.07, 6.45) is 4.10. The molecule has 5 heteroatoms. The van der Waals surface area contributed by atoms with Gasteiger partial charge in [-0.3, -0.25) is 4.79 Å². The zero-order valence-corrected chi connectivity index (χ0v) is 16.8. The summed E-state index contributed by atoms with van der Waals surface area (Å²) >= 11 is 1.53. The number of nitrogens with one attached hydrogen (secondary N) is 2. The predicted molar refractivity (Wildman–Crippen MR) is 110 cm³/mol. The van der Waals surface area contributed by atoms with Crippen molar-refractivity contribution < 1.29 is 14.4 Å². The highest BCUT2D eigenvalue weighted by molar-refractivity contribution is 8.00. The first-order valence-electron chi connectivity index (χ1n) is 9.68. The van der Waals surface area contributed by atoms with Gasteiger partial charge in [0.2, 0.25) is 5.91 Å². The molecule has 27 heavy (non-hydrogen) atoms. The van der Waals surface area contributed by atoms with Crippen LogP contribution in [0.5, 0.6) is 5.75 Å². The molecule has 2 N–H and O–H groups in total. The quantitative estimate of drug-likeness (QED) is 0.687. The van der Waals surface area contributed by atoms with Gasteiger partial charge in [0.1, 0.15) is 12.3 Å². The maximum absolute atomic E-state index is 12.1. The van der Waals surface area contributed by atoms with E-state index < -0.39 is 0 Å². The van der Waals surface area contributed by atoms with Crippen molar-refractivity contribution in [3.8, 4) is 5.75 Å². The van der Waals surface area contributed by atoms with Gasteiger partial charge >= 0.3 is 0 Å². The van der Waals surface area contributed by atoms with Crippen LogP contribution >= 0.6 is 11.8 Å². The SMILES string of the molecule is COc1ccc(SCC(=O)NCc2ccc(C[NH+]3CCCCC3)cc2)cc1. The molecule has 1 aliphatic heterocycles. The number of hydrogen-bond acceptors (Lipinski definition) is 3. The minimum Gasteiger partial charge on any atom is -0.497 e. The van der Waals surface area contributed by atoms with Crippen molar-refractivity contribution >= 4 is 17.7 Å². The van der Waals surface area contributed by atoms with Crippen LogP contribution in [0.4, 0.5) is 0 Å². The normalized spacial score (nSPS) is 14.7. The lowest BCUT2D eigenvalue weighted by molar-refractivity contribution is -0.918. The van der Waals surface area contributed by atoms with Gasteiger partial charge in [-0.15, -0.1) is 11.8 Å². The summed E-state index contributed by atoms with van der Waals surface area (Å²) in [5.41, 5.74) is 2.53. The Bertz CT molecular complexity index is 710. The molecule has 0 atom stereocenters. The van der Waals surface area contributed by atoms with Crippen molar-refractivity contribution in [2.24, 2.45) is 0 Å². The highest BCUT2D eigenvalue weighted by atomic mass is 32.2. The summed E-state index contributed by atoms with van der Waals surface area (Å²) in [7, 11) is 1.65. The lowest BCUT2D eigenvalue weighted by Gasteiger charge is -2.23. The van der Waals surface area contributed by atoms with Crippen molar-refractivity contribution in [3.63, 3.8) is 0 Å². The minimum absolute atomic E-state index is 0.0534. The van der Waals surface area contributed by atoms with E-state index in [1.54, 1.807) is 12.0 Å². The van der Waals surface area contributed by atoms with Gasteiger partial charge in [0, 0.05) is 17.0 Å². The van der Waals surface area contributed by atoms with Gasteiger partial charge in [-0.25, -0.2) is 0 Å². The van der Waals surface area contributed by atoms with Crippen molar-refractivity contribution in [1.29, 1.82) is 0 Å². The lowest BCUT2D eigenvalue weighted by Crippen LogP contribution is -3.11. The van der Waals surface area contributed by atoms with E-state index in [-0.39, 0.29) is 5.91 Å². The first-order chi connectivity index (χ1) is 13.2. The smallest absolute Gasteiger partial charge is 0.230 e. The van der Waals surface area contributed by atoms with Crippen LogP contribution in [0, 0.1) is 0 Å². The van der Waals surface area contributed by atoms with E-state index in [2.05, 4.69) is 29.6 Å². The number of ether oxygens (including phenoxy) is 1. The standard InChI is InChI=1S/C22H28N2O2S/c1-26-20-9-11-21(12-10-20)27-17-22(25)23-15-18-5-7-19(8-6-18)16-24-13-3-2-4-14-24/h5-12H,2-4,13-17H2,1H3,(H,23,25)/p+1. The largest absolute Gasteiger partial charge is 0.497 e. The molecule has 0 aliphatic carbocycles. The second kappa shape index (κ2) is 10.4. The van der Waals surface area contributed by atoms with Gasteiger partial charge in [-0.05, 0) is 49.1 Å². The zero-order chi connectivity index (χ0) is 18.9. The molecule has 0 aromatic heterocycles. The fraction of sp³-hybridized carbons (Fsp3) is 0.409. The molecular weight excluding hydrogens is 356 g/mol. The maximum Gasteiger partial charge on any atom is 0.230 e. The van der Waals surface area contributed by atoms with E-state index in [0.29, 0.717) is 12.3 Å². The Morgan fingerprint density at radius 1 is 1.00 bits per heavy atom. The first-order valence-corrected chi connectivity index (χ1v) is 10.7. The number of quaternary nitrogens is 1. The molecule has 0 spiro atoms. The molecule has 2 aromatic rings. The van der Waals surface area contributed by atoms with Crippen LogP contribution < -0.4 is 15.0 Å². The fourth-order valence-electron chi connectivity index (χ4n) is 3.36. The zero-order valence-electron chi connectivity index (χ0n) is 16.0. The number of amides is 1. The van der Waals surface area contributed by atoms with E-state index >= 15 is 0 Å². The first kappa shape index (κ1) is 19.8. The van der Waals surface area contributed by atoms with E-state index in [4.69, 9.17) is 4.74 Å². The Labute approximate surface area is 166 Å². The van der Waals surface area contributed by atoms with Crippen LogP contribution in [0.15, 0.2) is 53.4 Å². The summed E-state index contributed by atoms with van der Waals surface area (Å²) in [5, 5.41) is 3.00. The molecular formula is C22H29N2O2S+. The number of methoxy groups -OCH3 is 1. The number of piperidine rings is 1. The molecule has 2 aromatic carbocycles. The van der Waals surface area contributed by atoms with Gasteiger partial charge in [-0.1, -0.05) is 24.3 Å². The van der Waals surface area contributed by atoms with Gasteiger partial charge < -0.3 is 15.0 Å². The summed E-state index contributed by atoms with van der Waals surface area (Å²) in [4.78, 5) is 14.8. The number of carbonyl (C=O) groups excluding carboxylic acids is 1. The number of thioether (sulfide) groups is 1. The van der Waals surface area contributed by atoms with Gasteiger partial charge in [0.25, 0.3) is 0 Å². The molecule has 1 amide bonds. The topological polar surface area (TPSA) is 42.8 Å². The second-order valence-electron chi connectivity index (χ2n) is 7.04. The maximum atomic E-state index is 12.1. The Hall–Kier alpha value is -1.98.